The summed E-state index contributed by atoms with van der Waals surface area (Å²) in [5.74, 6) is -0.410. The second kappa shape index (κ2) is 8.31. The van der Waals surface area contributed by atoms with Gasteiger partial charge in [0.25, 0.3) is 5.91 Å². The van der Waals surface area contributed by atoms with E-state index in [1.54, 1.807) is 37.4 Å². The molecule has 0 radical (unpaired) electrons. The van der Waals surface area contributed by atoms with Crippen molar-refractivity contribution in [2.75, 3.05) is 0 Å². The molecule has 5 rings (SSSR count). The van der Waals surface area contributed by atoms with Crippen LogP contribution in [0.3, 0.4) is 0 Å². The lowest BCUT2D eigenvalue weighted by Gasteiger charge is -2.12. The van der Waals surface area contributed by atoms with E-state index in [9.17, 15) is 14.0 Å². The summed E-state index contributed by atoms with van der Waals surface area (Å²) >= 11 is 0. The van der Waals surface area contributed by atoms with Crippen molar-refractivity contribution in [3.05, 3.63) is 76.9 Å². The van der Waals surface area contributed by atoms with Crippen LogP contribution in [0.4, 0.5) is 4.39 Å². The van der Waals surface area contributed by atoms with Crippen LogP contribution in [0, 0.1) is 12.7 Å². The first-order chi connectivity index (χ1) is 15.9. The van der Waals surface area contributed by atoms with E-state index in [1.165, 1.54) is 12.1 Å². The molecule has 2 heterocycles. The summed E-state index contributed by atoms with van der Waals surface area (Å²) in [7, 11) is 1.84. The molecule has 4 aromatic rings. The average molecular weight is 445 g/mol. The number of nitrogens with one attached hydrogen (secondary N) is 1. The molecule has 1 amide bonds. The van der Waals surface area contributed by atoms with E-state index in [0.29, 0.717) is 33.7 Å². The van der Waals surface area contributed by atoms with Crippen molar-refractivity contribution in [2.45, 2.75) is 38.6 Å². The quantitative estimate of drug-likeness (QED) is 0.429. The van der Waals surface area contributed by atoms with Crippen LogP contribution in [-0.4, -0.2) is 27.5 Å². The normalized spacial score (nSPS) is 14.2. The number of amides is 1. The Kier molecular flexibility index (Phi) is 5.32. The summed E-state index contributed by atoms with van der Waals surface area (Å²) in [4.78, 5) is 26.3. The predicted molar refractivity (Wildman–Crippen MR) is 123 cm³/mol. The first-order valence-electron chi connectivity index (χ1n) is 11.1. The maximum Gasteiger partial charge on any atom is 0.251 e. The van der Waals surface area contributed by atoms with Gasteiger partial charge in [-0.15, -0.1) is 0 Å². The third-order valence-electron chi connectivity index (χ3n) is 6.38. The molecular formula is C26H24FN3O3. The van der Waals surface area contributed by atoms with E-state index in [-0.39, 0.29) is 17.7 Å². The number of carbonyl (C=O) groups excluding carboxylic acids is 2. The van der Waals surface area contributed by atoms with Crippen molar-refractivity contribution in [3.63, 3.8) is 0 Å². The zero-order valence-corrected chi connectivity index (χ0v) is 18.5. The monoisotopic (exact) mass is 445 g/mol. The fourth-order valence-electron chi connectivity index (χ4n) is 4.65. The Hall–Kier alpha value is -3.74. The molecule has 0 saturated heterocycles. The molecule has 0 spiro atoms. The summed E-state index contributed by atoms with van der Waals surface area (Å²) in [6.07, 6.45) is 6.07. The zero-order chi connectivity index (χ0) is 23.1. The fourth-order valence-corrected chi connectivity index (χ4v) is 4.65. The van der Waals surface area contributed by atoms with Gasteiger partial charge in [0.2, 0.25) is 5.78 Å². The van der Waals surface area contributed by atoms with Crippen molar-refractivity contribution >= 4 is 22.6 Å². The lowest BCUT2D eigenvalue weighted by Crippen LogP contribution is -2.32. The van der Waals surface area contributed by atoms with Crippen LogP contribution in [0.2, 0.25) is 0 Å². The van der Waals surface area contributed by atoms with Crippen molar-refractivity contribution in [1.82, 2.24) is 15.0 Å². The van der Waals surface area contributed by atoms with Crippen LogP contribution in [0.25, 0.3) is 22.2 Å². The molecule has 33 heavy (non-hydrogen) atoms. The number of hydrogen-bond acceptors (Lipinski definition) is 4. The highest BCUT2D eigenvalue weighted by Gasteiger charge is 2.26. The van der Waals surface area contributed by atoms with Crippen molar-refractivity contribution in [3.8, 4) is 11.3 Å². The molecule has 0 unspecified atom stereocenters. The molecule has 1 N–H and O–H groups in total. The number of nitrogens with zero attached hydrogens (tertiary/aromatic N) is 2. The van der Waals surface area contributed by atoms with E-state index >= 15 is 0 Å². The molecule has 0 bridgehead atoms. The number of benzene rings is 2. The summed E-state index contributed by atoms with van der Waals surface area (Å²) < 4.78 is 20.9. The van der Waals surface area contributed by atoms with E-state index in [0.717, 1.165) is 36.6 Å². The van der Waals surface area contributed by atoms with Gasteiger partial charge in [-0.1, -0.05) is 36.2 Å². The van der Waals surface area contributed by atoms with E-state index in [1.807, 2.05) is 17.7 Å². The SMILES string of the molecule is Cc1onc(-c2cccc(F)c2)c1C(=O)c1cn(C)c2cc(C(=O)NC3CCCC3)ccc12. The highest BCUT2D eigenvalue weighted by atomic mass is 19.1. The minimum atomic E-state index is -0.417. The number of carbonyl (C=O) groups is 2. The molecule has 1 saturated carbocycles. The second-order valence-electron chi connectivity index (χ2n) is 8.64. The molecule has 1 fully saturated rings. The molecule has 7 heteroatoms. The van der Waals surface area contributed by atoms with Crippen LogP contribution in [0.1, 0.15) is 57.7 Å². The standard InChI is InChI=1S/C26H24FN3O3/c1-15-23(24(29-33-15)16-6-5-7-18(27)12-16)25(31)21-14-30(2)22-13-17(10-11-20(21)22)26(32)28-19-8-3-4-9-19/h5-7,10-14,19H,3-4,8-9H2,1-2H3,(H,28,32). The number of halogens is 1. The van der Waals surface area contributed by atoms with Gasteiger partial charge in [-0.25, -0.2) is 4.39 Å². The largest absolute Gasteiger partial charge is 0.360 e. The van der Waals surface area contributed by atoms with Gasteiger partial charge in [0.05, 0.1) is 5.56 Å². The molecular weight excluding hydrogens is 421 g/mol. The Bertz CT molecular complexity index is 1380. The first kappa shape index (κ1) is 21.1. The van der Waals surface area contributed by atoms with Gasteiger partial charge in [0, 0.05) is 46.9 Å². The number of ketones is 1. The fraction of sp³-hybridized carbons (Fsp3) is 0.269. The Morgan fingerprint density at radius 1 is 1.15 bits per heavy atom. The maximum absolute atomic E-state index is 13.8. The van der Waals surface area contributed by atoms with Crippen molar-refractivity contribution in [2.24, 2.45) is 7.05 Å². The smallest absolute Gasteiger partial charge is 0.251 e. The first-order valence-corrected chi connectivity index (χ1v) is 11.1. The Morgan fingerprint density at radius 3 is 2.70 bits per heavy atom. The minimum Gasteiger partial charge on any atom is -0.360 e. The number of aryl methyl sites for hydroxylation is 2. The van der Waals surface area contributed by atoms with Gasteiger partial charge in [-0.3, -0.25) is 9.59 Å². The third-order valence-corrected chi connectivity index (χ3v) is 6.38. The molecule has 2 aromatic heterocycles. The van der Waals surface area contributed by atoms with Crippen LogP contribution >= 0.6 is 0 Å². The lowest BCUT2D eigenvalue weighted by molar-refractivity contribution is 0.0937. The molecule has 1 aliphatic rings. The van der Waals surface area contributed by atoms with Gasteiger partial charge in [-0.2, -0.15) is 0 Å². The van der Waals surface area contributed by atoms with Crippen LogP contribution in [0.5, 0.6) is 0 Å². The molecule has 168 valence electrons. The molecule has 0 atom stereocenters. The molecule has 6 nitrogen and oxygen atoms in total. The Balaban J connectivity index is 1.52. The van der Waals surface area contributed by atoms with Gasteiger partial charge in [0.1, 0.15) is 17.3 Å². The Morgan fingerprint density at radius 2 is 1.94 bits per heavy atom. The minimum absolute atomic E-state index is 0.0962. The van der Waals surface area contributed by atoms with E-state index in [2.05, 4.69) is 10.5 Å². The highest BCUT2D eigenvalue weighted by Crippen LogP contribution is 2.31. The maximum atomic E-state index is 13.8. The second-order valence-corrected chi connectivity index (χ2v) is 8.64. The van der Waals surface area contributed by atoms with Gasteiger partial charge < -0.3 is 14.4 Å². The molecule has 0 aliphatic heterocycles. The molecule has 1 aliphatic carbocycles. The number of aromatic nitrogens is 2. The number of rotatable bonds is 5. The zero-order valence-electron chi connectivity index (χ0n) is 18.5. The summed E-state index contributed by atoms with van der Waals surface area (Å²) in [5.41, 5.74) is 2.90. The lowest BCUT2D eigenvalue weighted by atomic mass is 9.97. The predicted octanol–water partition coefficient (Wildman–Crippen LogP) is 5.18. The van der Waals surface area contributed by atoms with Gasteiger partial charge in [0.15, 0.2) is 0 Å². The van der Waals surface area contributed by atoms with E-state index < -0.39 is 5.82 Å². The summed E-state index contributed by atoms with van der Waals surface area (Å²) in [6.45, 7) is 1.67. The van der Waals surface area contributed by atoms with E-state index in [4.69, 9.17) is 4.52 Å². The van der Waals surface area contributed by atoms with Gasteiger partial charge >= 0.3 is 0 Å². The summed E-state index contributed by atoms with van der Waals surface area (Å²) in [5, 5.41) is 7.85. The van der Waals surface area contributed by atoms with Crippen LogP contribution < -0.4 is 5.32 Å². The molecule has 2 aromatic carbocycles. The Labute approximate surface area is 190 Å². The third kappa shape index (κ3) is 3.84. The van der Waals surface area contributed by atoms with Crippen LogP contribution in [0.15, 0.2) is 53.2 Å². The highest BCUT2D eigenvalue weighted by molar-refractivity contribution is 6.19. The number of fused-ring (bicyclic) bond motifs is 1. The van der Waals surface area contributed by atoms with Crippen LogP contribution in [-0.2, 0) is 7.05 Å². The van der Waals surface area contributed by atoms with Crippen molar-refractivity contribution < 1.29 is 18.5 Å². The number of hydrogen-bond donors (Lipinski definition) is 1. The average Bonchev–Trinajstić information content (AvgIpc) is 3.53. The topological polar surface area (TPSA) is 77.1 Å². The van der Waals surface area contributed by atoms with Crippen molar-refractivity contribution in [1.29, 1.82) is 0 Å². The van der Waals surface area contributed by atoms with Gasteiger partial charge in [-0.05, 0) is 44.0 Å². The summed E-state index contributed by atoms with van der Waals surface area (Å²) in [6, 6.07) is 11.5.